The first-order valence-electron chi connectivity index (χ1n) is 9.23. The van der Waals surface area contributed by atoms with Crippen molar-refractivity contribution in [2.75, 3.05) is 33.5 Å². The number of ether oxygens (including phenoxy) is 3. The number of carbonyl (C=O) groups excluding carboxylic acids is 1. The maximum Gasteiger partial charge on any atom is 0.311 e. The monoisotopic (exact) mass is 428 g/mol. The smallest absolute Gasteiger partial charge is 0.311 e. The van der Waals surface area contributed by atoms with Crippen molar-refractivity contribution in [3.8, 4) is 0 Å². The molecule has 1 aromatic carbocycles. The van der Waals surface area contributed by atoms with Crippen molar-refractivity contribution in [1.82, 2.24) is 0 Å². The second-order valence-electron chi connectivity index (χ2n) is 7.29. The van der Waals surface area contributed by atoms with Gasteiger partial charge in [0.1, 0.15) is 6.61 Å². The van der Waals surface area contributed by atoms with Crippen LogP contribution in [-0.2, 0) is 19.0 Å². The lowest BCUT2D eigenvalue weighted by Gasteiger charge is -2.33. The zero-order valence-electron chi connectivity index (χ0n) is 16.7. The zero-order valence-corrected chi connectivity index (χ0v) is 18.3. The fourth-order valence-corrected chi connectivity index (χ4v) is 3.31. The normalized spacial score (nSPS) is 15.3. The summed E-state index contributed by atoms with van der Waals surface area (Å²) in [5.74, 6) is 0.347. The number of rotatable bonds is 12. The van der Waals surface area contributed by atoms with Gasteiger partial charge in [0.05, 0.1) is 25.2 Å². The van der Waals surface area contributed by atoms with Gasteiger partial charge in [-0.3, -0.25) is 4.79 Å². The Morgan fingerprint density at radius 3 is 2.27 bits per heavy atom. The molecule has 0 radical (unpaired) electrons. The molecule has 1 rings (SSSR count). The van der Waals surface area contributed by atoms with Crippen LogP contribution in [0, 0.1) is 11.3 Å². The van der Waals surface area contributed by atoms with E-state index in [9.17, 15) is 4.79 Å². The average molecular weight is 429 g/mol. The van der Waals surface area contributed by atoms with E-state index >= 15 is 0 Å². The van der Waals surface area contributed by atoms with E-state index < -0.39 is 5.41 Å². The molecule has 0 saturated carbocycles. The minimum absolute atomic E-state index is 0.172. The molecule has 0 bridgehead atoms. The van der Waals surface area contributed by atoms with Gasteiger partial charge in [-0.05, 0) is 37.7 Å². The molecule has 3 unspecified atom stereocenters. The van der Waals surface area contributed by atoms with E-state index in [2.05, 4.69) is 54.0 Å². The van der Waals surface area contributed by atoms with Crippen molar-refractivity contribution in [1.29, 1.82) is 0 Å². The number of esters is 1. The molecule has 148 valence electrons. The molecule has 3 atom stereocenters. The van der Waals surface area contributed by atoms with E-state index in [1.807, 2.05) is 19.9 Å². The highest BCUT2D eigenvalue weighted by Gasteiger charge is 2.37. The molecule has 0 spiro atoms. The lowest BCUT2D eigenvalue weighted by Crippen LogP contribution is -2.35. The quantitative estimate of drug-likeness (QED) is 0.272. The Kier molecular flexibility index (Phi) is 10.4. The van der Waals surface area contributed by atoms with Gasteiger partial charge in [-0.1, -0.05) is 60.1 Å². The molecule has 0 aliphatic carbocycles. The Balaban J connectivity index is 2.59. The number of hydrogen-bond donors (Lipinski definition) is 0. The third-order valence-electron chi connectivity index (χ3n) is 5.04. The molecule has 5 heteroatoms. The van der Waals surface area contributed by atoms with Gasteiger partial charge in [0.2, 0.25) is 0 Å². The second-order valence-corrected chi connectivity index (χ2v) is 8.74. The van der Waals surface area contributed by atoms with Crippen molar-refractivity contribution in [3.05, 3.63) is 35.9 Å². The number of methoxy groups -OCH3 is 1. The highest BCUT2D eigenvalue weighted by Crippen LogP contribution is 2.38. The summed E-state index contributed by atoms with van der Waals surface area (Å²) in [5, 5.41) is 0. The van der Waals surface area contributed by atoms with Crippen LogP contribution in [0.4, 0.5) is 0 Å². The average Bonchev–Trinajstić information content (AvgIpc) is 2.62. The number of alkyl halides is 1. The van der Waals surface area contributed by atoms with Gasteiger partial charge < -0.3 is 14.2 Å². The van der Waals surface area contributed by atoms with Crippen LogP contribution in [0.25, 0.3) is 0 Å². The number of halogens is 1. The highest BCUT2D eigenvalue weighted by molar-refractivity contribution is 9.09. The fraction of sp³-hybridized carbons (Fsp3) is 0.667. The summed E-state index contributed by atoms with van der Waals surface area (Å²) in [6.45, 7) is 9.94. The molecule has 0 aliphatic heterocycles. The molecule has 0 N–H and O–H groups in total. The summed E-state index contributed by atoms with van der Waals surface area (Å²) in [4.78, 5) is 12.9. The van der Waals surface area contributed by atoms with Crippen molar-refractivity contribution < 1.29 is 19.0 Å². The molecule has 0 saturated heterocycles. The van der Waals surface area contributed by atoms with Crippen LogP contribution in [0.5, 0.6) is 0 Å². The van der Waals surface area contributed by atoms with E-state index in [1.165, 1.54) is 5.56 Å². The first-order valence-corrected chi connectivity index (χ1v) is 10.1. The Morgan fingerprint density at radius 2 is 1.69 bits per heavy atom. The molecular weight excluding hydrogens is 396 g/mol. The Bertz CT molecular complexity index is 516. The number of hydrogen-bond acceptors (Lipinski definition) is 4. The largest absolute Gasteiger partial charge is 0.463 e. The van der Waals surface area contributed by atoms with Crippen molar-refractivity contribution in [2.24, 2.45) is 11.3 Å². The van der Waals surface area contributed by atoms with E-state index in [4.69, 9.17) is 14.2 Å². The Morgan fingerprint density at radius 1 is 1.08 bits per heavy atom. The summed E-state index contributed by atoms with van der Waals surface area (Å²) in [6, 6.07) is 10.4. The lowest BCUT2D eigenvalue weighted by molar-refractivity contribution is -0.158. The topological polar surface area (TPSA) is 44.8 Å². The summed E-state index contributed by atoms with van der Waals surface area (Å²) >= 11 is 3.74. The Hall–Kier alpha value is -0.910. The van der Waals surface area contributed by atoms with Gasteiger partial charge in [-0.25, -0.2) is 0 Å². The predicted molar refractivity (Wildman–Crippen MR) is 109 cm³/mol. The molecule has 0 aliphatic rings. The highest BCUT2D eigenvalue weighted by atomic mass is 79.9. The molecule has 0 heterocycles. The number of carbonyl (C=O) groups is 1. The van der Waals surface area contributed by atoms with Crippen LogP contribution in [-0.4, -0.2) is 44.3 Å². The SMILES string of the molecule is COCCOCCOC(=O)C(C)(C)C(C)CC(c1ccccc1)C(C)Br. The van der Waals surface area contributed by atoms with Crippen LogP contribution < -0.4 is 0 Å². The van der Waals surface area contributed by atoms with E-state index in [0.29, 0.717) is 30.6 Å². The van der Waals surface area contributed by atoms with E-state index in [-0.39, 0.29) is 18.5 Å². The zero-order chi connectivity index (χ0) is 19.6. The fourth-order valence-electron chi connectivity index (χ4n) is 2.79. The molecule has 26 heavy (non-hydrogen) atoms. The van der Waals surface area contributed by atoms with Crippen molar-refractivity contribution in [2.45, 2.75) is 44.9 Å². The molecule has 4 nitrogen and oxygen atoms in total. The van der Waals surface area contributed by atoms with Crippen LogP contribution in [0.1, 0.15) is 45.6 Å². The van der Waals surface area contributed by atoms with Gasteiger partial charge >= 0.3 is 5.97 Å². The van der Waals surface area contributed by atoms with Crippen LogP contribution >= 0.6 is 15.9 Å². The van der Waals surface area contributed by atoms with Gasteiger partial charge in [-0.15, -0.1) is 0 Å². The third kappa shape index (κ3) is 7.37. The minimum Gasteiger partial charge on any atom is -0.463 e. The molecule has 1 aromatic rings. The predicted octanol–water partition coefficient (Wildman–Crippen LogP) is 4.81. The van der Waals surface area contributed by atoms with Crippen LogP contribution in [0.3, 0.4) is 0 Å². The summed E-state index contributed by atoms with van der Waals surface area (Å²) in [5.41, 5.74) is 0.737. The lowest BCUT2D eigenvalue weighted by atomic mass is 9.73. The van der Waals surface area contributed by atoms with Gasteiger partial charge in [0.25, 0.3) is 0 Å². The van der Waals surface area contributed by atoms with Crippen molar-refractivity contribution >= 4 is 21.9 Å². The second kappa shape index (κ2) is 11.7. The molecule has 0 aromatic heterocycles. The van der Waals surface area contributed by atoms with Gasteiger partial charge in [-0.2, -0.15) is 0 Å². The summed E-state index contributed by atoms with van der Waals surface area (Å²) in [7, 11) is 1.63. The third-order valence-corrected chi connectivity index (χ3v) is 5.68. The maximum absolute atomic E-state index is 12.6. The Labute approximate surface area is 166 Å². The first-order chi connectivity index (χ1) is 12.3. The standard InChI is InChI=1S/C21H33BrO4/c1-16(15-19(17(2)22)18-9-7-6-8-10-18)21(3,4)20(23)26-14-13-25-12-11-24-5/h6-10,16-17,19H,11-15H2,1-5H3. The van der Waals surface area contributed by atoms with Gasteiger partial charge in [0.15, 0.2) is 0 Å². The minimum atomic E-state index is -0.554. The van der Waals surface area contributed by atoms with E-state index in [1.54, 1.807) is 7.11 Å². The summed E-state index contributed by atoms with van der Waals surface area (Å²) in [6.07, 6.45) is 0.906. The maximum atomic E-state index is 12.6. The van der Waals surface area contributed by atoms with E-state index in [0.717, 1.165) is 6.42 Å². The van der Waals surface area contributed by atoms with Crippen LogP contribution in [0.15, 0.2) is 30.3 Å². The number of benzene rings is 1. The first kappa shape index (κ1) is 23.1. The van der Waals surface area contributed by atoms with Gasteiger partial charge in [0, 0.05) is 11.9 Å². The van der Waals surface area contributed by atoms with Crippen molar-refractivity contribution in [3.63, 3.8) is 0 Å². The molecule has 0 amide bonds. The summed E-state index contributed by atoms with van der Waals surface area (Å²) < 4.78 is 15.7. The van der Waals surface area contributed by atoms with Crippen LogP contribution in [0.2, 0.25) is 0 Å². The molecular formula is C21H33BrO4. The molecule has 0 fully saturated rings.